The molecule has 1 nitrogen and oxygen atoms in total. The molecule has 2 rings (SSSR count). The van der Waals surface area contributed by atoms with Crippen molar-refractivity contribution in [3.63, 3.8) is 0 Å². The summed E-state index contributed by atoms with van der Waals surface area (Å²) in [4.78, 5) is 0. The first-order chi connectivity index (χ1) is 8.00. The molecule has 0 aliphatic heterocycles. The van der Waals surface area contributed by atoms with Crippen molar-refractivity contribution in [1.82, 2.24) is 0 Å². The topological polar surface area (TPSA) is 20.2 Å². The predicted octanol–water partition coefficient (Wildman–Crippen LogP) is 3.95. The molecule has 3 heteroatoms. The number of aryl methyl sites for hydroxylation is 1. The van der Waals surface area contributed by atoms with E-state index in [9.17, 15) is 13.9 Å². The van der Waals surface area contributed by atoms with E-state index in [2.05, 4.69) is 0 Å². The summed E-state index contributed by atoms with van der Waals surface area (Å²) < 4.78 is 26.2. The lowest BCUT2D eigenvalue weighted by Crippen LogP contribution is -1.90. The van der Waals surface area contributed by atoms with E-state index in [1.54, 1.807) is 0 Å². The van der Waals surface area contributed by atoms with Crippen LogP contribution < -0.4 is 0 Å². The monoisotopic (exact) mass is 234 g/mol. The molecule has 2 aromatic carbocycles. The van der Waals surface area contributed by atoms with Crippen molar-refractivity contribution in [3.05, 3.63) is 53.1 Å². The highest BCUT2D eigenvalue weighted by molar-refractivity contribution is 5.69. The van der Waals surface area contributed by atoms with Gasteiger partial charge < -0.3 is 5.11 Å². The van der Waals surface area contributed by atoms with Gasteiger partial charge in [-0.1, -0.05) is 18.2 Å². The van der Waals surface area contributed by atoms with Gasteiger partial charge in [-0.15, -0.1) is 0 Å². The second kappa shape index (κ2) is 4.17. The number of phenols is 1. The molecule has 0 unspecified atom stereocenters. The normalized spacial score (nSPS) is 10.6. The van der Waals surface area contributed by atoms with Gasteiger partial charge in [0, 0.05) is 0 Å². The van der Waals surface area contributed by atoms with Crippen molar-refractivity contribution in [2.24, 2.45) is 0 Å². The number of benzene rings is 2. The Morgan fingerprint density at radius 2 is 1.76 bits per heavy atom. The molecule has 0 radical (unpaired) electrons. The number of hydrogen-bond donors (Lipinski definition) is 1. The van der Waals surface area contributed by atoms with Gasteiger partial charge in [-0.25, -0.2) is 4.39 Å². The number of phenolic OH excluding ortho intramolecular Hbond substituents is 1. The van der Waals surface area contributed by atoms with Gasteiger partial charge in [0.05, 0.1) is 0 Å². The molecule has 17 heavy (non-hydrogen) atoms. The number of halogens is 2. The van der Waals surface area contributed by atoms with E-state index in [-0.39, 0.29) is 0 Å². The van der Waals surface area contributed by atoms with Crippen LogP contribution in [0.2, 0.25) is 0 Å². The van der Waals surface area contributed by atoms with E-state index in [1.807, 2.05) is 32.0 Å². The fourth-order valence-electron chi connectivity index (χ4n) is 1.79. The maximum Gasteiger partial charge on any atom is 0.200 e. The van der Waals surface area contributed by atoms with Crippen molar-refractivity contribution >= 4 is 0 Å². The Morgan fingerprint density at radius 3 is 2.41 bits per heavy atom. The van der Waals surface area contributed by atoms with Gasteiger partial charge in [-0.3, -0.25) is 0 Å². The molecule has 0 saturated heterocycles. The van der Waals surface area contributed by atoms with Gasteiger partial charge in [0.1, 0.15) is 0 Å². The molecule has 0 amide bonds. The Bertz CT molecular complexity index is 553. The minimum atomic E-state index is -1.21. The van der Waals surface area contributed by atoms with Crippen molar-refractivity contribution < 1.29 is 13.9 Å². The van der Waals surface area contributed by atoms with E-state index in [1.165, 1.54) is 6.07 Å². The molecule has 0 bridgehead atoms. The molecule has 0 aliphatic rings. The van der Waals surface area contributed by atoms with Crippen LogP contribution in [0.4, 0.5) is 8.78 Å². The summed E-state index contributed by atoms with van der Waals surface area (Å²) in [7, 11) is 0. The van der Waals surface area contributed by atoms with E-state index >= 15 is 0 Å². The molecular formula is C14H12F2O. The van der Waals surface area contributed by atoms with Gasteiger partial charge in [0.2, 0.25) is 0 Å². The minimum Gasteiger partial charge on any atom is -0.505 e. The minimum absolute atomic E-state index is 0.475. The highest BCUT2D eigenvalue weighted by atomic mass is 19.2. The average molecular weight is 234 g/mol. The van der Waals surface area contributed by atoms with Crippen LogP contribution in [0.5, 0.6) is 5.75 Å². The summed E-state index contributed by atoms with van der Waals surface area (Å²) in [5.41, 5.74) is 3.31. The van der Waals surface area contributed by atoms with Crippen molar-refractivity contribution in [2.45, 2.75) is 13.8 Å². The fourth-order valence-corrected chi connectivity index (χ4v) is 1.79. The number of rotatable bonds is 1. The van der Waals surface area contributed by atoms with Crippen molar-refractivity contribution in [3.8, 4) is 16.9 Å². The Labute approximate surface area is 98.3 Å². The number of hydrogen-bond acceptors (Lipinski definition) is 1. The van der Waals surface area contributed by atoms with Crippen LogP contribution in [0, 0.1) is 25.5 Å². The molecule has 1 N–H and O–H groups in total. The van der Waals surface area contributed by atoms with E-state index < -0.39 is 17.4 Å². The molecule has 0 saturated carbocycles. The van der Waals surface area contributed by atoms with Gasteiger partial charge in [-0.2, -0.15) is 4.39 Å². The quantitative estimate of drug-likeness (QED) is 0.792. The van der Waals surface area contributed by atoms with Crippen LogP contribution in [0.15, 0.2) is 30.3 Å². The van der Waals surface area contributed by atoms with Crippen LogP contribution in [-0.2, 0) is 0 Å². The summed E-state index contributed by atoms with van der Waals surface area (Å²) in [6, 6.07) is 7.93. The molecule has 2 aromatic rings. The maximum atomic E-state index is 13.2. The van der Waals surface area contributed by atoms with Gasteiger partial charge in [0.15, 0.2) is 17.4 Å². The highest BCUT2D eigenvalue weighted by Crippen LogP contribution is 2.30. The Hall–Kier alpha value is -1.90. The third kappa shape index (κ3) is 2.00. The molecule has 0 spiro atoms. The van der Waals surface area contributed by atoms with E-state index in [0.717, 1.165) is 22.8 Å². The third-order valence-corrected chi connectivity index (χ3v) is 2.92. The summed E-state index contributed by atoms with van der Waals surface area (Å²) in [5.74, 6) is -2.92. The predicted molar refractivity (Wildman–Crippen MR) is 62.9 cm³/mol. The standard InChI is InChI=1S/C14H12F2O/c1-8-4-3-5-11(9(8)2)10-6-12(15)14(16)13(17)7-10/h3-7,17H,1-2H3. The van der Waals surface area contributed by atoms with Crippen LogP contribution in [0.1, 0.15) is 11.1 Å². The zero-order valence-corrected chi connectivity index (χ0v) is 9.59. The molecule has 0 atom stereocenters. The summed E-state index contributed by atoms with van der Waals surface area (Å²) in [6.07, 6.45) is 0. The van der Waals surface area contributed by atoms with Gasteiger partial charge in [-0.05, 0) is 48.2 Å². The molecule has 0 heterocycles. The lowest BCUT2D eigenvalue weighted by Gasteiger charge is -2.09. The van der Waals surface area contributed by atoms with Crippen molar-refractivity contribution in [1.29, 1.82) is 0 Å². The summed E-state index contributed by atoms with van der Waals surface area (Å²) >= 11 is 0. The SMILES string of the molecule is Cc1cccc(-c2cc(O)c(F)c(F)c2)c1C. The van der Waals surface area contributed by atoms with Crippen LogP contribution in [-0.4, -0.2) is 5.11 Å². The van der Waals surface area contributed by atoms with Gasteiger partial charge >= 0.3 is 0 Å². The molecule has 0 aromatic heterocycles. The summed E-state index contributed by atoms with van der Waals surface area (Å²) in [5, 5.41) is 9.29. The molecule has 0 aliphatic carbocycles. The lowest BCUT2D eigenvalue weighted by atomic mass is 9.97. The maximum absolute atomic E-state index is 13.2. The van der Waals surface area contributed by atoms with Crippen molar-refractivity contribution in [2.75, 3.05) is 0 Å². The first-order valence-electron chi connectivity index (χ1n) is 5.25. The smallest absolute Gasteiger partial charge is 0.200 e. The zero-order valence-electron chi connectivity index (χ0n) is 9.59. The van der Waals surface area contributed by atoms with Crippen LogP contribution in [0.3, 0.4) is 0 Å². The molecule has 88 valence electrons. The Balaban J connectivity index is 2.65. The first kappa shape index (κ1) is 11.6. The fraction of sp³-hybridized carbons (Fsp3) is 0.143. The highest BCUT2D eigenvalue weighted by Gasteiger charge is 2.12. The summed E-state index contributed by atoms with van der Waals surface area (Å²) in [6.45, 7) is 3.85. The molecule has 0 fully saturated rings. The largest absolute Gasteiger partial charge is 0.505 e. The van der Waals surface area contributed by atoms with Crippen LogP contribution >= 0.6 is 0 Å². The average Bonchev–Trinajstić information content (AvgIpc) is 2.29. The van der Waals surface area contributed by atoms with Gasteiger partial charge in [0.25, 0.3) is 0 Å². The van der Waals surface area contributed by atoms with Crippen LogP contribution in [0.25, 0.3) is 11.1 Å². The van der Waals surface area contributed by atoms with E-state index in [4.69, 9.17) is 0 Å². The second-order valence-electron chi connectivity index (χ2n) is 4.04. The van der Waals surface area contributed by atoms with E-state index in [0.29, 0.717) is 5.56 Å². The number of aromatic hydroxyl groups is 1. The molecular weight excluding hydrogens is 222 g/mol. The zero-order chi connectivity index (χ0) is 12.6. The third-order valence-electron chi connectivity index (χ3n) is 2.92. The Morgan fingerprint density at radius 1 is 1.06 bits per heavy atom. The lowest BCUT2D eigenvalue weighted by molar-refractivity contribution is 0.407. The second-order valence-corrected chi connectivity index (χ2v) is 4.04. The Kier molecular flexibility index (Phi) is 2.84. The first-order valence-corrected chi connectivity index (χ1v) is 5.25.